The van der Waals surface area contributed by atoms with Crippen LogP contribution in [0.2, 0.25) is 0 Å². The standard InChI is InChI=1S/C9H21NOS2/c1-3-12-6-4-7-13(11)8-5-9(2)10/h9H,3-8,10H2,1-2H3. The molecule has 4 heteroatoms. The van der Waals surface area contributed by atoms with E-state index in [4.69, 9.17) is 5.73 Å². The van der Waals surface area contributed by atoms with Crippen LogP contribution in [0.4, 0.5) is 0 Å². The van der Waals surface area contributed by atoms with Gasteiger partial charge in [-0.3, -0.25) is 4.21 Å². The van der Waals surface area contributed by atoms with Crippen LogP contribution in [0.5, 0.6) is 0 Å². The van der Waals surface area contributed by atoms with Crippen molar-refractivity contribution in [1.29, 1.82) is 0 Å². The summed E-state index contributed by atoms with van der Waals surface area (Å²) >= 11 is 1.92. The highest BCUT2D eigenvalue weighted by Gasteiger charge is 2.01. The molecule has 0 aliphatic rings. The lowest BCUT2D eigenvalue weighted by molar-refractivity contribution is 0.667. The minimum absolute atomic E-state index is 0.189. The van der Waals surface area contributed by atoms with E-state index in [-0.39, 0.29) is 6.04 Å². The Morgan fingerprint density at radius 1 is 1.46 bits per heavy atom. The van der Waals surface area contributed by atoms with Crippen molar-refractivity contribution in [3.05, 3.63) is 0 Å². The molecule has 0 spiro atoms. The normalized spacial score (nSPS) is 15.6. The van der Waals surface area contributed by atoms with E-state index in [0.717, 1.165) is 35.9 Å². The Morgan fingerprint density at radius 2 is 2.15 bits per heavy atom. The molecule has 0 aromatic heterocycles. The van der Waals surface area contributed by atoms with Crippen LogP contribution < -0.4 is 5.73 Å². The fourth-order valence-corrected chi connectivity index (χ4v) is 3.01. The highest BCUT2D eigenvalue weighted by molar-refractivity contribution is 7.99. The molecule has 0 rings (SSSR count). The predicted molar refractivity (Wildman–Crippen MR) is 63.8 cm³/mol. The molecule has 13 heavy (non-hydrogen) atoms. The molecule has 0 amide bonds. The molecule has 2 unspecified atom stereocenters. The lowest BCUT2D eigenvalue weighted by Crippen LogP contribution is -2.18. The summed E-state index contributed by atoms with van der Waals surface area (Å²) in [5.74, 6) is 3.92. The molecule has 2 nitrogen and oxygen atoms in total. The summed E-state index contributed by atoms with van der Waals surface area (Å²) in [7, 11) is -0.637. The van der Waals surface area contributed by atoms with Gasteiger partial charge in [-0.05, 0) is 31.3 Å². The Bertz CT molecular complexity index is 140. The highest BCUT2D eigenvalue weighted by atomic mass is 32.2. The molecule has 0 heterocycles. The summed E-state index contributed by atoms with van der Waals surface area (Å²) < 4.78 is 11.4. The summed E-state index contributed by atoms with van der Waals surface area (Å²) in [6.07, 6.45) is 1.96. The zero-order valence-electron chi connectivity index (χ0n) is 8.62. The minimum Gasteiger partial charge on any atom is -0.328 e. The highest BCUT2D eigenvalue weighted by Crippen LogP contribution is 2.02. The van der Waals surface area contributed by atoms with E-state index < -0.39 is 10.8 Å². The third-order valence-electron chi connectivity index (χ3n) is 1.67. The Kier molecular flexibility index (Phi) is 9.35. The third kappa shape index (κ3) is 10.4. The molecule has 0 fully saturated rings. The van der Waals surface area contributed by atoms with Crippen molar-refractivity contribution in [3.63, 3.8) is 0 Å². The maximum atomic E-state index is 11.4. The monoisotopic (exact) mass is 223 g/mol. The second-order valence-corrected chi connectivity index (χ2v) is 6.25. The smallest absolute Gasteiger partial charge is 0.0249 e. The van der Waals surface area contributed by atoms with E-state index in [9.17, 15) is 4.21 Å². The average Bonchev–Trinajstić information content (AvgIpc) is 2.09. The van der Waals surface area contributed by atoms with Crippen LogP contribution in [0, 0.1) is 0 Å². The molecule has 0 aromatic rings. The summed E-state index contributed by atoms with van der Waals surface area (Å²) in [5, 5.41) is 0. The van der Waals surface area contributed by atoms with E-state index in [2.05, 4.69) is 6.92 Å². The molecule has 0 radical (unpaired) electrons. The fourth-order valence-electron chi connectivity index (χ4n) is 0.886. The Morgan fingerprint density at radius 3 is 2.69 bits per heavy atom. The molecule has 0 aliphatic heterocycles. The van der Waals surface area contributed by atoms with Crippen molar-refractivity contribution in [2.45, 2.75) is 32.7 Å². The first kappa shape index (κ1) is 13.5. The lowest BCUT2D eigenvalue weighted by atomic mass is 10.3. The lowest BCUT2D eigenvalue weighted by Gasteiger charge is -2.04. The molecular formula is C9H21NOS2. The van der Waals surface area contributed by atoms with Crippen LogP contribution in [0.1, 0.15) is 26.7 Å². The Balaban J connectivity index is 3.20. The van der Waals surface area contributed by atoms with Crippen molar-refractivity contribution in [2.75, 3.05) is 23.0 Å². The van der Waals surface area contributed by atoms with Gasteiger partial charge in [-0.15, -0.1) is 0 Å². The van der Waals surface area contributed by atoms with Gasteiger partial charge in [0.25, 0.3) is 0 Å². The van der Waals surface area contributed by atoms with E-state index in [1.165, 1.54) is 0 Å². The topological polar surface area (TPSA) is 43.1 Å². The van der Waals surface area contributed by atoms with Gasteiger partial charge in [0.2, 0.25) is 0 Å². The first-order valence-electron chi connectivity index (χ1n) is 4.85. The number of nitrogens with two attached hydrogens (primary N) is 1. The average molecular weight is 223 g/mol. The number of hydrogen-bond donors (Lipinski definition) is 1. The van der Waals surface area contributed by atoms with Crippen LogP contribution in [-0.2, 0) is 10.8 Å². The van der Waals surface area contributed by atoms with Crippen molar-refractivity contribution in [2.24, 2.45) is 5.73 Å². The van der Waals surface area contributed by atoms with Gasteiger partial charge in [0.15, 0.2) is 0 Å². The van der Waals surface area contributed by atoms with E-state index in [0.29, 0.717) is 0 Å². The molecule has 0 bridgehead atoms. The van der Waals surface area contributed by atoms with Gasteiger partial charge >= 0.3 is 0 Å². The third-order valence-corrected chi connectivity index (χ3v) is 4.09. The number of hydrogen-bond acceptors (Lipinski definition) is 3. The summed E-state index contributed by atoms with van der Waals surface area (Å²) in [4.78, 5) is 0. The van der Waals surface area contributed by atoms with Gasteiger partial charge in [-0.25, -0.2) is 0 Å². The van der Waals surface area contributed by atoms with Crippen LogP contribution in [0.25, 0.3) is 0 Å². The van der Waals surface area contributed by atoms with E-state index >= 15 is 0 Å². The van der Waals surface area contributed by atoms with Crippen molar-refractivity contribution >= 4 is 22.6 Å². The summed E-state index contributed by atoms with van der Waals surface area (Å²) in [5.41, 5.74) is 5.58. The molecule has 2 atom stereocenters. The van der Waals surface area contributed by atoms with Gasteiger partial charge in [-0.2, -0.15) is 11.8 Å². The van der Waals surface area contributed by atoms with Crippen LogP contribution in [0.15, 0.2) is 0 Å². The quantitative estimate of drug-likeness (QED) is 0.636. The molecule has 0 saturated heterocycles. The summed E-state index contributed by atoms with van der Waals surface area (Å²) in [6, 6.07) is 0.189. The van der Waals surface area contributed by atoms with E-state index in [1.807, 2.05) is 18.7 Å². The summed E-state index contributed by atoms with van der Waals surface area (Å²) in [6.45, 7) is 4.11. The van der Waals surface area contributed by atoms with Crippen LogP contribution in [0.3, 0.4) is 0 Å². The second kappa shape index (κ2) is 9.03. The molecule has 0 aliphatic carbocycles. The van der Waals surface area contributed by atoms with Gasteiger partial charge in [-0.1, -0.05) is 6.92 Å². The Labute approximate surface area is 88.5 Å². The SMILES string of the molecule is CCSCCCS(=O)CCC(C)N. The molecule has 0 aromatic carbocycles. The predicted octanol–water partition coefficient (Wildman–Crippen LogP) is 1.62. The number of thioether (sulfide) groups is 1. The van der Waals surface area contributed by atoms with Crippen LogP contribution >= 0.6 is 11.8 Å². The first-order valence-corrected chi connectivity index (χ1v) is 7.49. The Hall–Kier alpha value is 0.460. The van der Waals surface area contributed by atoms with Gasteiger partial charge in [0.05, 0.1) is 0 Å². The van der Waals surface area contributed by atoms with Gasteiger partial charge in [0, 0.05) is 28.3 Å². The zero-order chi connectivity index (χ0) is 10.1. The zero-order valence-corrected chi connectivity index (χ0v) is 10.3. The second-order valence-electron chi connectivity index (χ2n) is 3.16. The maximum absolute atomic E-state index is 11.4. The van der Waals surface area contributed by atoms with Crippen molar-refractivity contribution in [1.82, 2.24) is 0 Å². The van der Waals surface area contributed by atoms with Gasteiger partial charge in [0.1, 0.15) is 0 Å². The largest absolute Gasteiger partial charge is 0.328 e. The molecule has 0 saturated carbocycles. The molecular weight excluding hydrogens is 202 g/mol. The van der Waals surface area contributed by atoms with E-state index in [1.54, 1.807) is 0 Å². The first-order chi connectivity index (χ1) is 6.16. The van der Waals surface area contributed by atoms with Crippen LogP contribution in [-0.4, -0.2) is 33.3 Å². The fraction of sp³-hybridized carbons (Fsp3) is 1.00. The maximum Gasteiger partial charge on any atom is 0.0249 e. The minimum atomic E-state index is -0.637. The molecule has 80 valence electrons. The van der Waals surface area contributed by atoms with Gasteiger partial charge < -0.3 is 5.73 Å². The number of rotatable bonds is 8. The van der Waals surface area contributed by atoms with Crippen molar-refractivity contribution < 1.29 is 4.21 Å². The van der Waals surface area contributed by atoms with Crippen molar-refractivity contribution in [3.8, 4) is 0 Å². The molecule has 2 N–H and O–H groups in total.